The first-order valence-electron chi connectivity index (χ1n) is 8.26. The molecule has 1 aliphatic carbocycles. The number of fused-ring (bicyclic) bond motifs is 1. The number of nitrogens with one attached hydrogen (secondary N) is 1. The van der Waals surface area contributed by atoms with E-state index >= 15 is 0 Å². The molecule has 3 atom stereocenters. The van der Waals surface area contributed by atoms with E-state index in [1.165, 1.54) is 38.6 Å². The standard InChI is InChI=1S/C16H30N2O2/c1-3-17-16(2,15(19)20)9-11-18-10-8-13-6-4-5-7-14(13)12-18/h13-14,17H,3-12H2,1-2H3,(H,19,20). The molecule has 3 unspecified atom stereocenters. The van der Waals surface area contributed by atoms with E-state index in [-0.39, 0.29) is 0 Å². The van der Waals surface area contributed by atoms with Crippen LogP contribution in [0, 0.1) is 11.8 Å². The van der Waals surface area contributed by atoms with E-state index in [0.717, 1.165) is 24.9 Å². The Bertz CT molecular complexity index is 334. The maximum absolute atomic E-state index is 11.4. The minimum absolute atomic E-state index is 0.688. The molecule has 4 heteroatoms. The lowest BCUT2D eigenvalue weighted by Gasteiger charge is -2.42. The van der Waals surface area contributed by atoms with Crippen molar-refractivity contribution < 1.29 is 9.90 Å². The third-order valence-electron chi connectivity index (χ3n) is 5.34. The van der Waals surface area contributed by atoms with Crippen molar-refractivity contribution in [3.05, 3.63) is 0 Å². The van der Waals surface area contributed by atoms with Crippen LogP contribution in [0.5, 0.6) is 0 Å². The Balaban J connectivity index is 1.83. The summed E-state index contributed by atoms with van der Waals surface area (Å²) in [5.41, 5.74) is -0.780. The molecule has 0 aromatic rings. The van der Waals surface area contributed by atoms with Gasteiger partial charge in [-0.1, -0.05) is 26.2 Å². The van der Waals surface area contributed by atoms with Crippen molar-refractivity contribution in [1.29, 1.82) is 0 Å². The number of hydrogen-bond donors (Lipinski definition) is 2. The summed E-state index contributed by atoms with van der Waals surface area (Å²) < 4.78 is 0. The number of nitrogens with zero attached hydrogens (tertiary/aromatic N) is 1. The van der Waals surface area contributed by atoms with E-state index in [9.17, 15) is 9.90 Å². The molecule has 1 saturated heterocycles. The third kappa shape index (κ3) is 3.73. The van der Waals surface area contributed by atoms with Crippen LogP contribution in [0.4, 0.5) is 0 Å². The van der Waals surface area contributed by atoms with Crippen molar-refractivity contribution in [3.8, 4) is 0 Å². The van der Waals surface area contributed by atoms with E-state index in [0.29, 0.717) is 13.0 Å². The smallest absolute Gasteiger partial charge is 0.323 e. The molecule has 1 aliphatic heterocycles. The monoisotopic (exact) mass is 282 g/mol. The number of hydrogen-bond acceptors (Lipinski definition) is 3. The number of rotatable bonds is 6. The number of likely N-dealkylation sites (tertiary alicyclic amines) is 1. The Hall–Kier alpha value is -0.610. The average Bonchev–Trinajstić information content (AvgIpc) is 2.45. The summed E-state index contributed by atoms with van der Waals surface area (Å²) in [4.78, 5) is 13.9. The van der Waals surface area contributed by atoms with E-state index < -0.39 is 11.5 Å². The van der Waals surface area contributed by atoms with Gasteiger partial charge in [0.05, 0.1) is 0 Å². The van der Waals surface area contributed by atoms with Gasteiger partial charge in [0.1, 0.15) is 5.54 Å². The van der Waals surface area contributed by atoms with Crippen LogP contribution in [0.15, 0.2) is 0 Å². The van der Waals surface area contributed by atoms with E-state index in [2.05, 4.69) is 10.2 Å². The van der Waals surface area contributed by atoms with Crippen molar-refractivity contribution in [3.63, 3.8) is 0 Å². The first kappa shape index (κ1) is 15.8. The summed E-state index contributed by atoms with van der Waals surface area (Å²) in [6.07, 6.45) is 7.61. The van der Waals surface area contributed by atoms with Crippen molar-refractivity contribution in [2.75, 3.05) is 26.2 Å². The summed E-state index contributed by atoms with van der Waals surface area (Å²) in [5, 5.41) is 12.5. The van der Waals surface area contributed by atoms with Crippen LogP contribution in [-0.2, 0) is 4.79 Å². The van der Waals surface area contributed by atoms with Gasteiger partial charge in [-0.05, 0) is 51.1 Å². The van der Waals surface area contributed by atoms with Gasteiger partial charge in [-0.15, -0.1) is 0 Å². The molecule has 20 heavy (non-hydrogen) atoms. The number of carboxylic acids is 1. The van der Waals surface area contributed by atoms with Crippen LogP contribution in [0.1, 0.15) is 52.4 Å². The van der Waals surface area contributed by atoms with Gasteiger partial charge >= 0.3 is 5.97 Å². The van der Waals surface area contributed by atoms with Gasteiger partial charge in [0.15, 0.2) is 0 Å². The number of aliphatic carboxylic acids is 1. The second-order valence-corrected chi connectivity index (χ2v) is 6.81. The van der Waals surface area contributed by atoms with E-state index in [1.54, 1.807) is 0 Å². The van der Waals surface area contributed by atoms with Gasteiger partial charge in [-0.25, -0.2) is 0 Å². The molecule has 0 aromatic heterocycles. The van der Waals surface area contributed by atoms with Crippen LogP contribution < -0.4 is 5.32 Å². The Morgan fingerprint density at radius 3 is 2.65 bits per heavy atom. The number of piperidine rings is 1. The maximum Gasteiger partial charge on any atom is 0.323 e. The molecular formula is C16H30N2O2. The Kier molecular flexibility index (Phi) is 5.44. The first-order chi connectivity index (χ1) is 9.55. The first-order valence-corrected chi connectivity index (χ1v) is 8.26. The van der Waals surface area contributed by atoms with Gasteiger partial charge in [-0.3, -0.25) is 4.79 Å². The maximum atomic E-state index is 11.4. The van der Waals surface area contributed by atoms with Crippen LogP contribution in [0.25, 0.3) is 0 Å². The van der Waals surface area contributed by atoms with Crippen LogP contribution >= 0.6 is 0 Å². The predicted molar refractivity (Wildman–Crippen MR) is 80.8 cm³/mol. The zero-order valence-electron chi connectivity index (χ0n) is 13.0. The second-order valence-electron chi connectivity index (χ2n) is 6.81. The van der Waals surface area contributed by atoms with Crippen molar-refractivity contribution in [2.24, 2.45) is 11.8 Å². The lowest BCUT2D eigenvalue weighted by Crippen LogP contribution is -2.52. The zero-order chi connectivity index (χ0) is 14.6. The lowest BCUT2D eigenvalue weighted by molar-refractivity contribution is -0.144. The van der Waals surface area contributed by atoms with Gasteiger partial charge in [0.2, 0.25) is 0 Å². The van der Waals surface area contributed by atoms with Crippen LogP contribution in [0.2, 0.25) is 0 Å². The molecule has 1 heterocycles. The van der Waals surface area contributed by atoms with E-state index in [1.807, 2.05) is 13.8 Å². The van der Waals surface area contributed by atoms with E-state index in [4.69, 9.17) is 0 Å². The normalized spacial score (nSPS) is 30.5. The Labute approximate surface area is 122 Å². The third-order valence-corrected chi connectivity index (χ3v) is 5.34. The van der Waals surface area contributed by atoms with Crippen molar-refractivity contribution >= 4 is 5.97 Å². The second kappa shape index (κ2) is 6.90. The fourth-order valence-electron chi connectivity index (χ4n) is 3.92. The molecule has 2 fully saturated rings. The van der Waals surface area contributed by atoms with Crippen LogP contribution in [-0.4, -0.2) is 47.7 Å². The molecule has 1 saturated carbocycles. The lowest BCUT2D eigenvalue weighted by atomic mass is 9.75. The van der Waals surface area contributed by atoms with Gasteiger partial charge in [-0.2, -0.15) is 0 Å². The molecule has 116 valence electrons. The summed E-state index contributed by atoms with van der Waals surface area (Å²) >= 11 is 0. The molecular weight excluding hydrogens is 252 g/mol. The van der Waals surface area contributed by atoms with Crippen molar-refractivity contribution in [2.45, 2.75) is 57.9 Å². The predicted octanol–water partition coefficient (Wildman–Crippen LogP) is 2.34. The number of carboxylic acid groups (broad SMARTS) is 1. The Morgan fingerprint density at radius 2 is 2.00 bits per heavy atom. The highest BCUT2D eigenvalue weighted by atomic mass is 16.4. The molecule has 0 spiro atoms. The molecule has 0 amide bonds. The molecule has 0 aromatic carbocycles. The molecule has 0 bridgehead atoms. The Morgan fingerprint density at radius 1 is 1.30 bits per heavy atom. The van der Waals surface area contributed by atoms with Crippen molar-refractivity contribution in [1.82, 2.24) is 10.2 Å². The van der Waals surface area contributed by atoms with Gasteiger partial charge in [0.25, 0.3) is 0 Å². The fourth-order valence-corrected chi connectivity index (χ4v) is 3.92. The summed E-state index contributed by atoms with van der Waals surface area (Å²) in [6.45, 7) is 7.73. The van der Waals surface area contributed by atoms with Gasteiger partial charge in [0, 0.05) is 13.1 Å². The summed E-state index contributed by atoms with van der Waals surface area (Å²) in [6, 6.07) is 0. The summed E-state index contributed by atoms with van der Waals surface area (Å²) in [7, 11) is 0. The molecule has 2 N–H and O–H groups in total. The number of likely N-dealkylation sites (N-methyl/N-ethyl adjacent to an activating group) is 1. The molecule has 4 nitrogen and oxygen atoms in total. The highest BCUT2D eigenvalue weighted by Gasteiger charge is 2.35. The minimum Gasteiger partial charge on any atom is -0.480 e. The minimum atomic E-state index is -0.780. The largest absolute Gasteiger partial charge is 0.480 e. The molecule has 2 rings (SSSR count). The summed E-state index contributed by atoms with van der Waals surface area (Å²) in [5.74, 6) is 1.08. The van der Waals surface area contributed by atoms with Crippen LogP contribution in [0.3, 0.4) is 0 Å². The topological polar surface area (TPSA) is 52.6 Å². The average molecular weight is 282 g/mol. The highest BCUT2D eigenvalue weighted by Crippen LogP contribution is 2.36. The zero-order valence-corrected chi connectivity index (χ0v) is 13.0. The number of carbonyl (C=O) groups is 1. The van der Waals surface area contributed by atoms with Gasteiger partial charge < -0.3 is 15.3 Å². The molecule has 0 radical (unpaired) electrons. The quantitative estimate of drug-likeness (QED) is 0.785. The fraction of sp³-hybridized carbons (Fsp3) is 0.938. The SMILES string of the molecule is CCNC(C)(CCN1CCC2CCCCC2C1)C(=O)O. The highest BCUT2D eigenvalue weighted by molar-refractivity contribution is 5.78. The molecule has 2 aliphatic rings.